The third-order valence-electron chi connectivity index (χ3n) is 3.73. The predicted octanol–water partition coefficient (Wildman–Crippen LogP) is 4.53. The minimum Gasteiger partial charge on any atom is -0.313 e. The van der Waals surface area contributed by atoms with Gasteiger partial charge in [0.1, 0.15) is 5.82 Å². The molecule has 1 aromatic carbocycles. The lowest BCUT2D eigenvalue weighted by Crippen LogP contribution is -2.12. The summed E-state index contributed by atoms with van der Waals surface area (Å²) in [4.78, 5) is 0.814. The molecule has 1 nitrogen and oxygen atoms in total. The van der Waals surface area contributed by atoms with Crippen LogP contribution in [0.25, 0.3) is 0 Å². The number of rotatable bonds is 4. The summed E-state index contributed by atoms with van der Waals surface area (Å²) in [5.41, 5.74) is 1.02. The van der Waals surface area contributed by atoms with Gasteiger partial charge in [0.15, 0.2) is 0 Å². The van der Waals surface area contributed by atoms with Crippen LogP contribution in [0.4, 0.5) is 4.39 Å². The average Bonchev–Trinajstić information content (AvgIpc) is 2.41. The lowest BCUT2D eigenvalue weighted by Gasteiger charge is -2.21. The van der Waals surface area contributed by atoms with E-state index < -0.39 is 0 Å². The molecule has 100 valence electrons. The summed E-state index contributed by atoms with van der Waals surface area (Å²) < 4.78 is 14.1. The minimum atomic E-state index is -0.0647. The Hall–Kier alpha value is -0.540. The van der Waals surface area contributed by atoms with Crippen LogP contribution in [0.15, 0.2) is 23.1 Å². The molecule has 0 radical (unpaired) electrons. The van der Waals surface area contributed by atoms with Crippen molar-refractivity contribution in [1.82, 2.24) is 5.32 Å². The largest absolute Gasteiger partial charge is 0.313 e. The van der Waals surface area contributed by atoms with E-state index in [2.05, 4.69) is 5.32 Å². The number of hydrogen-bond acceptors (Lipinski definition) is 2. The van der Waals surface area contributed by atoms with Gasteiger partial charge < -0.3 is 5.32 Å². The average molecular weight is 267 g/mol. The molecule has 2 rings (SSSR count). The van der Waals surface area contributed by atoms with Gasteiger partial charge in [0, 0.05) is 16.2 Å². The Kier molecular flexibility index (Phi) is 5.07. The fourth-order valence-corrected chi connectivity index (χ4v) is 3.66. The predicted molar refractivity (Wildman–Crippen MR) is 76.6 cm³/mol. The summed E-state index contributed by atoms with van der Waals surface area (Å²) in [5, 5.41) is 3.75. The summed E-state index contributed by atoms with van der Waals surface area (Å²) in [6.45, 7) is 2.04. The molecule has 1 atom stereocenters. The number of halogens is 1. The van der Waals surface area contributed by atoms with Crippen LogP contribution < -0.4 is 5.32 Å². The van der Waals surface area contributed by atoms with Crippen molar-refractivity contribution in [2.24, 2.45) is 0 Å². The molecule has 0 amide bonds. The molecule has 0 saturated heterocycles. The Labute approximate surface area is 114 Å². The highest BCUT2D eigenvalue weighted by Crippen LogP contribution is 2.35. The standard InChI is InChI=1S/C15H22FNS/c1-11(17-2)12-8-9-15(14(16)10-12)18-13-6-4-3-5-7-13/h8-11,13,17H,3-7H2,1-2H3. The van der Waals surface area contributed by atoms with Gasteiger partial charge in [-0.15, -0.1) is 11.8 Å². The number of thioether (sulfide) groups is 1. The van der Waals surface area contributed by atoms with Gasteiger partial charge in [-0.3, -0.25) is 0 Å². The van der Waals surface area contributed by atoms with Crippen LogP contribution >= 0.6 is 11.8 Å². The fourth-order valence-electron chi connectivity index (χ4n) is 2.41. The van der Waals surface area contributed by atoms with E-state index in [0.717, 1.165) is 10.5 Å². The first kappa shape index (κ1) is 13.9. The van der Waals surface area contributed by atoms with Crippen molar-refractivity contribution in [3.63, 3.8) is 0 Å². The van der Waals surface area contributed by atoms with Crippen molar-refractivity contribution in [3.05, 3.63) is 29.6 Å². The van der Waals surface area contributed by atoms with Crippen molar-refractivity contribution < 1.29 is 4.39 Å². The monoisotopic (exact) mass is 267 g/mol. The highest BCUT2D eigenvalue weighted by Gasteiger charge is 2.17. The molecule has 3 heteroatoms. The van der Waals surface area contributed by atoms with Crippen LogP contribution in [-0.4, -0.2) is 12.3 Å². The lowest BCUT2D eigenvalue weighted by atomic mass is 10.0. The first-order valence-corrected chi connectivity index (χ1v) is 7.72. The zero-order valence-corrected chi connectivity index (χ0v) is 12.0. The highest BCUT2D eigenvalue weighted by molar-refractivity contribution is 8.00. The molecule has 1 N–H and O–H groups in total. The first-order chi connectivity index (χ1) is 8.70. The molecule has 0 bridgehead atoms. The summed E-state index contributed by atoms with van der Waals surface area (Å²) in [7, 11) is 1.90. The smallest absolute Gasteiger partial charge is 0.137 e. The molecule has 1 saturated carbocycles. The Balaban J connectivity index is 2.04. The van der Waals surface area contributed by atoms with Gasteiger partial charge in [-0.1, -0.05) is 25.3 Å². The van der Waals surface area contributed by atoms with Gasteiger partial charge in [-0.05, 0) is 44.5 Å². The van der Waals surface area contributed by atoms with Crippen LogP contribution in [0.5, 0.6) is 0 Å². The van der Waals surface area contributed by atoms with Crippen LogP contribution in [0.1, 0.15) is 50.6 Å². The Morgan fingerprint density at radius 2 is 2.00 bits per heavy atom. The third kappa shape index (κ3) is 3.48. The zero-order valence-electron chi connectivity index (χ0n) is 11.2. The van der Waals surface area contributed by atoms with Crippen LogP contribution in [0.2, 0.25) is 0 Å². The van der Waals surface area contributed by atoms with E-state index in [1.54, 1.807) is 17.8 Å². The Morgan fingerprint density at radius 1 is 1.28 bits per heavy atom. The molecule has 1 unspecified atom stereocenters. The maximum atomic E-state index is 14.1. The molecule has 0 aromatic heterocycles. The SMILES string of the molecule is CNC(C)c1ccc(SC2CCCCC2)c(F)c1. The normalized spacial score (nSPS) is 18.8. The van der Waals surface area contributed by atoms with Gasteiger partial charge in [-0.25, -0.2) is 4.39 Å². The molecule has 0 aliphatic heterocycles. The van der Waals surface area contributed by atoms with E-state index >= 15 is 0 Å². The summed E-state index contributed by atoms with van der Waals surface area (Å²) in [6, 6.07) is 5.85. The Morgan fingerprint density at radius 3 is 2.61 bits per heavy atom. The molecule has 18 heavy (non-hydrogen) atoms. The van der Waals surface area contributed by atoms with Crippen molar-refractivity contribution >= 4 is 11.8 Å². The van der Waals surface area contributed by atoms with Crippen molar-refractivity contribution in [2.45, 2.75) is 55.2 Å². The van der Waals surface area contributed by atoms with E-state index in [4.69, 9.17) is 0 Å². The van der Waals surface area contributed by atoms with E-state index in [0.29, 0.717) is 5.25 Å². The second-order valence-electron chi connectivity index (χ2n) is 5.08. The number of hydrogen-bond donors (Lipinski definition) is 1. The van der Waals surface area contributed by atoms with E-state index in [9.17, 15) is 4.39 Å². The molecular weight excluding hydrogens is 245 g/mol. The van der Waals surface area contributed by atoms with Crippen molar-refractivity contribution in [3.8, 4) is 0 Å². The molecule has 1 aliphatic rings. The topological polar surface area (TPSA) is 12.0 Å². The second kappa shape index (κ2) is 6.58. The van der Waals surface area contributed by atoms with Gasteiger partial charge >= 0.3 is 0 Å². The summed E-state index contributed by atoms with van der Waals surface area (Å²) >= 11 is 1.72. The Bertz CT molecular complexity index is 388. The lowest BCUT2D eigenvalue weighted by molar-refractivity contribution is 0.514. The number of benzene rings is 1. The molecule has 1 fully saturated rings. The molecule has 1 aliphatic carbocycles. The van der Waals surface area contributed by atoms with Gasteiger partial charge in [0.05, 0.1) is 0 Å². The summed E-state index contributed by atoms with van der Waals surface area (Å²) in [6.07, 6.45) is 6.41. The van der Waals surface area contributed by atoms with Crippen LogP contribution in [0, 0.1) is 5.82 Å². The third-order valence-corrected chi connectivity index (χ3v) is 5.12. The van der Waals surface area contributed by atoms with Crippen molar-refractivity contribution in [1.29, 1.82) is 0 Å². The van der Waals surface area contributed by atoms with E-state index in [1.807, 2.05) is 26.1 Å². The molecule has 0 spiro atoms. The van der Waals surface area contributed by atoms with Crippen LogP contribution in [0.3, 0.4) is 0 Å². The number of nitrogens with one attached hydrogen (secondary N) is 1. The van der Waals surface area contributed by atoms with Gasteiger partial charge in [-0.2, -0.15) is 0 Å². The van der Waals surface area contributed by atoms with E-state index in [-0.39, 0.29) is 11.9 Å². The zero-order chi connectivity index (χ0) is 13.0. The first-order valence-electron chi connectivity index (χ1n) is 6.84. The van der Waals surface area contributed by atoms with Gasteiger partial charge in [0.25, 0.3) is 0 Å². The second-order valence-corrected chi connectivity index (χ2v) is 6.42. The van der Waals surface area contributed by atoms with Crippen LogP contribution in [-0.2, 0) is 0 Å². The maximum Gasteiger partial charge on any atom is 0.137 e. The van der Waals surface area contributed by atoms with Crippen molar-refractivity contribution in [2.75, 3.05) is 7.05 Å². The van der Waals surface area contributed by atoms with E-state index in [1.165, 1.54) is 32.1 Å². The minimum absolute atomic E-state index is 0.0647. The molecular formula is C15H22FNS. The summed E-state index contributed by atoms with van der Waals surface area (Å²) in [5.74, 6) is -0.0647. The fraction of sp³-hybridized carbons (Fsp3) is 0.600. The molecule has 0 heterocycles. The molecule has 1 aromatic rings. The maximum absolute atomic E-state index is 14.1. The van der Waals surface area contributed by atoms with Gasteiger partial charge in [0.2, 0.25) is 0 Å². The highest BCUT2D eigenvalue weighted by atomic mass is 32.2. The quantitative estimate of drug-likeness (QED) is 0.860.